The Morgan fingerprint density at radius 3 is 2.40 bits per heavy atom. The van der Waals surface area contributed by atoms with Crippen LogP contribution >= 0.6 is 22.6 Å². The molecule has 0 fully saturated rings. The maximum Gasteiger partial charge on any atom is 0.488 e. The second-order valence-electron chi connectivity index (χ2n) is 2.95. The molecule has 0 aliphatic carbocycles. The van der Waals surface area contributed by atoms with E-state index in [0.29, 0.717) is 3.57 Å². The summed E-state index contributed by atoms with van der Waals surface area (Å²) < 4.78 is 33.8. The highest BCUT2D eigenvalue weighted by molar-refractivity contribution is 14.1. The Hall–Kier alpha value is -0.185. The van der Waals surface area contributed by atoms with E-state index in [4.69, 9.17) is 10.0 Å². The molecule has 0 heterocycles. The SMILES string of the molecule is O=S(=O)(F)Cc1cc(I)cc(B(O)O)c1. The Morgan fingerprint density at radius 2 is 1.93 bits per heavy atom. The smallest absolute Gasteiger partial charge is 0.423 e. The molecule has 0 unspecified atom stereocenters. The summed E-state index contributed by atoms with van der Waals surface area (Å²) in [6, 6.07) is 4.17. The molecule has 2 N–H and O–H groups in total. The van der Waals surface area contributed by atoms with Crippen LogP contribution in [0.25, 0.3) is 0 Å². The van der Waals surface area contributed by atoms with Crippen molar-refractivity contribution in [1.29, 1.82) is 0 Å². The lowest BCUT2D eigenvalue weighted by molar-refractivity contribution is 0.425. The highest BCUT2D eigenvalue weighted by atomic mass is 127. The quantitative estimate of drug-likeness (QED) is 0.452. The van der Waals surface area contributed by atoms with E-state index in [1.165, 1.54) is 18.2 Å². The minimum atomic E-state index is -4.60. The average molecular weight is 344 g/mol. The van der Waals surface area contributed by atoms with Crippen LogP contribution < -0.4 is 5.46 Å². The van der Waals surface area contributed by atoms with E-state index >= 15 is 0 Å². The number of benzene rings is 1. The Balaban J connectivity index is 3.10. The first kappa shape index (κ1) is 12.9. The Labute approximate surface area is 101 Å². The topological polar surface area (TPSA) is 74.6 Å². The van der Waals surface area contributed by atoms with Gasteiger partial charge in [-0.2, -0.15) is 8.42 Å². The van der Waals surface area contributed by atoms with Crippen molar-refractivity contribution in [3.8, 4) is 0 Å². The van der Waals surface area contributed by atoms with Gasteiger partial charge in [0, 0.05) is 3.57 Å². The molecule has 8 heteroatoms. The summed E-state index contributed by atoms with van der Waals surface area (Å²) in [7, 11) is -6.30. The Kier molecular flexibility index (Phi) is 4.09. The van der Waals surface area contributed by atoms with Crippen LogP contribution in [0.2, 0.25) is 0 Å². The second-order valence-corrected chi connectivity index (χ2v) is 5.56. The zero-order chi connectivity index (χ0) is 11.6. The summed E-state index contributed by atoms with van der Waals surface area (Å²) in [6.07, 6.45) is 0. The number of halogens is 2. The molecule has 0 amide bonds. The van der Waals surface area contributed by atoms with E-state index in [9.17, 15) is 12.3 Å². The van der Waals surface area contributed by atoms with Crippen LogP contribution in [0.4, 0.5) is 3.89 Å². The summed E-state index contributed by atoms with van der Waals surface area (Å²) in [6.45, 7) is 0. The first-order valence-electron chi connectivity index (χ1n) is 3.86. The highest BCUT2D eigenvalue weighted by Gasteiger charge is 2.15. The van der Waals surface area contributed by atoms with Crippen molar-refractivity contribution >= 4 is 45.4 Å². The summed E-state index contributed by atoms with van der Waals surface area (Å²) >= 11 is 1.88. The van der Waals surface area contributed by atoms with Gasteiger partial charge in [0.2, 0.25) is 0 Å². The van der Waals surface area contributed by atoms with Gasteiger partial charge in [-0.05, 0) is 45.7 Å². The summed E-state index contributed by atoms with van der Waals surface area (Å²) in [5, 5.41) is 17.8. The van der Waals surface area contributed by atoms with Gasteiger partial charge in [-0.1, -0.05) is 6.07 Å². The van der Waals surface area contributed by atoms with Gasteiger partial charge in [0.05, 0.1) is 0 Å². The first-order valence-corrected chi connectivity index (χ1v) is 6.49. The first-order chi connectivity index (χ1) is 6.78. The predicted octanol–water partition coefficient (Wildman–Crippen LogP) is -0.230. The number of hydrogen-bond acceptors (Lipinski definition) is 4. The molecule has 4 nitrogen and oxygen atoms in total. The van der Waals surface area contributed by atoms with Crippen LogP contribution in [0.5, 0.6) is 0 Å². The van der Waals surface area contributed by atoms with Crippen molar-refractivity contribution in [3.05, 3.63) is 27.3 Å². The summed E-state index contributed by atoms with van der Waals surface area (Å²) in [5.74, 6) is -0.760. The third-order valence-corrected chi connectivity index (χ3v) is 2.92. The van der Waals surface area contributed by atoms with Crippen LogP contribution in [0.1, 0.15) is 5.56 Å². The van der Waals surface area contributed by atoms with E-state index in [-0.39, 0.29) is 11.0 Å². The van der Waals surface area contributed by atoms with Crippen molar-refractivity contribution in [2.24, 2.45) is 0 Å². The average Bonchev–Trinajstić information content (AvgIpc) is 1.99. The fourth-order valence-electron chi connectivity index (χ4n) is 1.11. The van der Waals surface area contributed by atoms with E-state index in [1.807, 2.05) is 22.6 Å². The molecule has 0 spiro atoms. The van der Waals surface area contributed by atoms with Gasteiger partial charge >= 0.3 is 17.3 Å². The van der Waals surface area contributed by atoms with Crippen molar-refractivity contribution in [2.75, 3.05) is 0 Å². The second kappa shape index (κ2) is 4.77. The molecule has 0 saturated heterocycles. The van der Waals surface area contributed by atoms with Crippen LogP contribution in [-0.2, 0) is 16.0 Å². The molecular formula is C7H7BFIO4S. The third-order valence-electron chi connectivity index (χ3n) is 1.62. The van der Waals surface area contributed by atoms with Crippen LogP contribution in [0, 0.1) is 3.57 Å². The molecule has 0 radical (unpaired) electrons. The van der Waals surface area contributed by atoms with Crippen molar-refractivity contribution in [2.45, 2.75) is 5.75 Å². The van der Waals surface area contributed by atoms with Crippen LogP contribution in [0.3, 0.4) is 0 Å². The molecule has 82 valence electrons. The summed E-state index contributed by atoms with van der Waals surface area (Å²) in [4.78, 5) is 0. The fourth-order valence-corrected chi connectivity index (χ4v) is 2.43. The van der Waals surface area contributed by atoms with Crippen molar-refractivity contribution < 1.29 is 22.4 Å². The fraction of sp³-hybridized carbons (Fsp3) is 0.143. The molecule has 1 aromatic rings. The van der Waals surface area contributed by atoms with Crippen LogP contribution in [0.15, 0.2) is 18.2 Å². The van der Waals surface area contributed by atoms with Gasteiger partial charge in [-0.3, -0.25) is 0 Å². The number of hydrogen-bond donors (Lipinski definition) is 2. The minimum Gasteiger partial charge on any atom is -0.423 e. The van der Waals surface area contributed by atoms with Gasteiger partial charge in [-0.15, -0.1) is 3.89 Å². The van der Waals surface area contributed by atoms with Crippen molar-refractivity contribution in [1.82, 2.24) is 0 Å². The molecule has 0 aromatic heterocycles. The predicted molar refractivity (Wildman–Crippen MR) is 62.7 cm³/mol. The molecule has 0 atom stereocenters. The molecule has 15 heavy (non-hydrogen) atoms. The highest BCUT2D eigenvalue weighted by Crippen LogP contribution is 2.11. The van der Waals surface area contributed by atoms with Gasteiger partial charge in [0.15, 0.2) is 0 Å². The third kappa shape index (κ3) is 4.45. The van der Waals surface area contributed by atoms with Crippen molar-refractivity contribution in [3.63, 3.8) is 0 Å². The normalized spacial score (nSPS) is 11.5. The molecule has 0 saturated carbocycles. The molecule has 1 aromatic carbocycles. The summed E-state index contributed by atoms with van der Waals surface area (Å²) in [5.41, 5.74) is 0.327. The van der Waals surface area contributed by atoms with E-state index in [2.05, 4.69) is 0 Å². The van der Waals surface area contributed by atoms with Gasteiger partial charge in [0.25, 0.3) is 0 Å². The lowest BCUT2D eigenvalue weighted by Gasteiger charge is -2.04. The zero-order valence-corrected chi connectivity index (χ0v) is 10.4. The standard InChI is InChI=1S/C7H7BFIO4S/c9-15(13,14)4-5-1-6(8(11)12)3-7(10)2-5/h1-3,11-12H,4H2. The minimum absolute atomic E-state index is 0.139. The maximum atomic E-state index is 12.4. The lowest BCUT2D eigenvalue weighted by atomic mass is 9.80. The van der Waals surface area contributed by atoms with E-state index < -0.39 is 23.1 Å². The Bertz CT molecular complexity index is 462. The lowest BCUT2D eigenvalue weighted by Crippen LogP contribution is -2.30. The van der Waals surface area contributed by atoms with Gasteiger partial charge in [0.1, 0.15) is 5.75 Å². The molecule has 0 bridgehead atoms. The Morgan fingerprint density at radius 1 is 1.33 bits per heavy atom. The molecule has 1 rings (SSSR count). The molecular weight excluding hydrogens is 337 g/mol. The molecule has 0 aliphatic rings. The largest absolute Gasteiger partial charge is 0.488 e. The molecule has 0 aliphatic heterocycles. The van der Waals surface area contributed by atoms with Gasteiger partial charge in [-0.25, -0.2) is 0 Å². The number of rotatable bonds is 3. The van der Waals surface area contributed by atoms with Gasteiger partial charge < -0.3 is 10.0 Å². The van der Waals surface area contributed by atoms with E-state index in [0.717, 1.165) is 0 Å². The monoisotopic (exact) mass is 344 g/mol. The maximum absolute atomic E-state index is 12.4. The van der Waals surface area contributed by atoms with Crippen LogP contribution in [-0.4, -0.2) is 25.6 Å². The zero-order valence-electron chi connectivity index (χ0n) is 7.39. The van der Waals surface area contributed by atoms with E-state index in [1.54, 1.807) is 0 Å².